The maximum atomic E-state index is 10.3. The average Bonchev–Trinajstić information content (AvgIpc) is 2.25. The molecule has 0 aliphatic heterocycles. The van der Waals surface area contributed by atoms with Gasteiger partial charge in [-0.3, -0.25) is 4.79 Å². The Morgan fingerprint density at radius 2 is 1.12 bits per heavy atom. The fourth-order valence-corrected chi connectivity index (χ4v) is 1.94. The van der Waals surface area contributed by atoms with Crippen LogP contribution in [0.25, 0.3) is 0 Å². The quantitative estimate of drug-likeness (QED) is 0.427. The molecule has 1 N–H and O–H groups in total. The first-order valence-corrected chi connectivity index (χ1v) is 6.99. The summed E-state index contributed by atoms with van der Waals surface area (Å²) in [5.74, 6) is -0.657. The van der Waals surface area contributed by atoms with Crippen LogP contribution in [0.1, 0.15) is 84.0 Å². The molecule has 0 bridgehead atoms. The van der Waals surface area contributed by atoms with Crippen LogP contribution < -0.4 is 0 Å². The predicted molar refractivity (Wildman–Crippen MR) is 75.9 cm³/mol. The van der Waals surface area contributed by atoms with Crippen molar-refractivity contribution in [1.82, 2.24) is 0 Å². The molecule has 0 atom stereocenters. The summed E-state index contributed by atoms with van der Waals surface area (Å²) in [5.41, 5.74) is 0. The molecule has 0 saturated heterocycles. The van der Waals surface area contributed by atoms with Crippen LogP contribution in [-0.4, -0.2) is 62.5 Å². The molecule has 0 aromatic heterocycles. The van der Waals surface area contributed by atoms with Crippen LogP contribution in [-0.2, 0) is 4.79 Å². The second kappa shape index (κ2) is 17.1. The van der Waals surface area contributed by atoms with Crippen LogP contribution >= 0.6 is 0 Å². The van der Waals surface area contributed by atoms with Crippen LogP contribution in [0.4, 0.5) is 0 Å². The second-order valence-corrected chi connectivity index (χ2v) is 4.68. The first kappa shape index (κ1) is 20.4. The first-order valence-electron chi connectivity index (χ1n) is 6.99. The van der Waals surface area contributed by atoms with Crippen molar-refractivity contribution in [3.63, 3.8) is 0 Å². The second-order valence-electron chi connectivity index (χ2n) is 4.68. The molecule has 0 aliphatic rings. The van der Waals surface area contributed by atoms with Crippen molar-refractivity contribution >= 4 is 57.4 Å². The Hall–Kier alpha value is 1.11. The summed E-state index contributed by atoms with van der Waals surface area (Å²) < 4.78 is 0. The zero-order valence-corrected chi connectivity index (χ0v) is 10.8. The number of hydrogen-bond acceptors (Lipinski definition) is 1. The summed E-state index contributed by atoms with van der Waals surface area (Å²) in [4.78, 5) is 10.3. The molecule has 0 spiro atoms. The van der Waals surface area contributed by atoms with E-state index in [4.69, 9.17) is 5.11 Å². The topological polar surface area (TPSA) is 37.3 Å². The Morgan fingerprint density at radius 3 is 1.47 bits per heavy atom. The molecule has 0 heterocycles. The number of unbranched alkanes of at least 4 members (excludes halogenated alkanes) is 10. The zero-order chi connectivity index (χ0) is 12.1. The van der Waals surface area contributed by atoms with E-state index in [1.54, 1.807) is 0 Å². The normalized spacial score (nSPS) is 9.94. The van der Waals surface area contributed by atoms with Gasteiger partial charge in [-0.05, 0) is 6.42 Å². The fourth-order valence-electron chi connectivity index (χ4n) is 1.94. The van der Waals surface area contributed by atoms with E-state index >= 15 is 0 Å². The number of carboxylic acid groups (broad SMARTS) is 1. The molecule has 0 radical (unpaired) electrons. The molecular weight excluding hydrogens is 239 g/mol. The fraction of sp³-hybridized carbons (Fsp3) is 0.929. The monoisotopic (exact) mass is 268 g/mol. The minimum absolute atomic E-state index is 0. The molecule has 0 saturated carbocycles. The van der Waals surface area contributed by atoms with Gasteiger partial charge in [-0.25, -0.2) is 0 Å². The molecule has 0 aromatic carbocycles. The number of rotatable bonds is 12. The van der Waals surface area contributed by atoms with Gasteiger partial charge < -0.3 is 5.11 Å². The van der Waals surface area contributed by atoms with E-state index in [0.29, 0.717) is 6.42 Å². The average molecular weight is 268 g/mol. The molecule has 0 unspecified atom stereocenters. The molecule has 0 amide bonds. The van der Waals surface area contributed by atoms with Crippen molar-refractivity contribution in [2.45, 2.75) is 84.0 Å². The summed E-state index contributed by atoms with van der Waals surface area (Å²) in [6, 6.07) is 0. The van der Waals surface area contributed by atoms with Gasteiger partial charge in [0.2, 0.25) is 0 Å². The molecule has 0 aromatic rings. The number of carboxylic acids is 1. The standard InChI is InChI=1S/C14H28O2.K.H/c1-2-3-4-5-6-7-8-9-10-11-12-13-14(15)16;;/h2-13H2,1H3,(H,15,16);;. The number of carbonyl (C=O) groups is 1. The Morgan fingerprint density at radius 1 is 0.765 bits per heavy atom. The van der Waals surface area contributed by atoms with E-state index in [1.165, 1.54) is 57.8 Å². The van der Waals surface area contributed by atoms with Gasteiger partial charge in [-0.1, -0.05) is 71.1 Å². The molecule has 0 fully saturated rings. The van der Waals surface area contributed by atoms with Crippen molar-refractivity contribution in [3.8, 4) is 0 Å². The molecule has 3 heteroatoms. The Bertz CT molecular complexity index is 160. The van der Waals surface area contributed by atoms with Crippen molar-refractivity contribution < 1.29 is 9.90 Å². The van der Waals surface area contributed by atoms with Crippen molar-refractivity contribution in [1.29, 1.82) is 0 Å². The Labute approximate surface area is 149 Å². The van der Waals surface area contributed by atoms with E-state index in [9.17, 15) is 4.79 Å². The number of hydrogen-bond donors (Lipinski definition) is 1. The van der Waals surface area contributed by atoms with Gasteiger partial charge in [0.1, 0.15) is 0 Å². The van der Waals surface area contributed by atoms with Crippen molar-refractivity contribution in [2.75, 3.05) is 0 Å². The van der Waals surface area contributed by atoms with Crippen LogP contribution in [0.2, 0.25) is 0 Å². The van der Waals surface area contributed by atoms with E-state index in [-0.39, 0.29) is 51.4 Å². The van der Waals surface area contributed by atoms with Crippen molar-refractivity contribution in [3.05, 3.63) is 0 Å². The van der Waals surface area contributed by atoms with Gasteiger partial charge in [-0.15, -0.1) is 0 Å². The molecule has 0 aliphatic carbocycles. The van der Waals surface area contributed by atoms with Crippen LogP contribution in [0.5, 0.6) is 0 Å². The first-order chi connectivity index (χ1) is 7.77. The zero-order valence-electron chi connectivity index (χ0n) is 10.8. The molecular formula is C14H29KO2. The van der Waals surface area contributed by atoms with E-state index in [2.05, 4.69) is 6.92 Å². The third-order valence-corrected chi connectivity index (χ3v) is 2.99. The van der Waals surface area contributed by atoms with Crippen LogP contribution in [0, 0.1) is 0 Å². The van der Waals surface area contributed by atoms with Gasteiger partial charge in [-0.2, -0.15) is 0 Å². The predicted octanol–water partition coefficient (Wildman–Crippen LogP) is 4.12. The summed E-state index contributed by atoms with van der Waals surface area (Å²) in [7, 11) is 0. The molecule has 0 rings (SSSR count). The van der Waals surface area contributed by atoms with E-state index in [0.717, 1.165) is 12.8 Å². The Kier molecular flexibility index (Phi) is 20.6. The van der Waals surface area contributed by atoms with E-state index in [1.807, 2.05) is 0 Å². The summed E-state index contributed by atoms with van der Waals surface area (Å²) >= 11 is 0. The Balaban J connectivity index is 0. The van der Waals surface area contributed by atoms with Crippen LogP contribution in [0.15, 0.2) is 0 Å². The van der Waals surface area contributed by atoms with Gasteiger partial charge in [0, 0.05) is 6.42 Å². The molecule has 17 heavy (non-hydrogen) atoms. The van der Waals surface area contributed by atoms with E-state index < -0.39 is 5.97 Å². The van der Waals surface area contributed by atoms with Crippen LogP contribution in [0.3, 0.4) is 0 Å². The van der Waals surface area contributed by atoms with Gasteiger partial charge in [0.15, 0.2) is 0 Å². The summed E-state index contributed by atoms with van der Waals surface area (Å²) in [5, 5.41) is 8.46. The van der Waals surface area contributed by atoms with Gasteiger partial charge in [0.05, 0.1) is 0 Å². The maximum absolute atomic E-state index is 10.3. The third-order valence-electron chi connectivity index (χ3n) is 2.99. The molecule has 98 valence electrons. The number of aliphatic carboxylic acids is 1. The third kappa shape index (κ3) is 19.6. The minimum atomic E-state index is -0.657. The summed E-state index contributed by atoms with van der Waals surface area (Å²) in [6.07, 6.45) is 14.4. The van der Waals surface area contributed by atoms with Crippen molar-refractivity contribution in [2.24, 2.45) is 0 Å². The molecule has 2 nitrogen and oxygen atoms in total. The van der Waals surface area contributed by atoms with Gasteiger partial charge >= 0.3 is 57.4 Å². The SMILES string of the molecule is CCCCCCCCCCCCCC(=O)O.[KH]. The van der Waals surface area contributed by atoms with Gasteiger partial charge in [0.25, 0.3) is 0 Å². The summed E-state index contributed by atoms with van der Waals surface area (Å²) in [6.45, 7) is 2.25.